The van der Waals surface area contributed by atoms with Gasteiger partial charge in [-0.2, -0.15) is 14.7 Å². The Labute approximate surface area is 190 Å². The first kappa shape index (κ1) is 21.6. The zero-order valence-electron chi connectivity index (χ0n) is 19.0. The first-order valence-electron chi connectivity index (χ1n) is 11.0. The van der Waals surface area contributed by atoms with Crippen molar-refractivity contribution in [2.24, 2.45) is 0 Å². The minimum atomic E-state index is 0.170. The molecule has 4 heteroatoms. The van der Waals surface area contributed by atoms with Crippen LogP contribution in [0.15, 0.2) is 91.5 Å². The lowest BCUT2D eigenvalue weighted by atomic mass is 10.1. The van der Waals surface area contributed by atoms with Crippen LogP contribution in [0.5, 0.6) is 11.5 Å². The summed E-state index contributed by atoms with van der Waals surface area (Å²) < 4.78 is 15.6. The van der Waals surface area contributed by atoms with Gasteiger partial charge in [-0.3, -0.25) is 0 Å². The lowest BCUT2D eigenvalue weighted by Crippen LogP contribution is -2.29. The Bertz CT molecular complexity index is 1040. The second-order valence-electron chi connectivity index (χ2n) is 8.23. The van der Waals surface area contributed by atoms with Gasteiger partial charge in [0.15, 0.2) is 12.4 Å². The summed E-state index contributed by atoms with van der Waals surface area (Å²) in [5.74, 6) is 1.76. The molecule has 2 aromatic carbocycles. The van der Waals surface area contributed by atoms with Gasteiger partial charge in [0, 0.05) is 24.3 Å². The molecular weight excluding hydrogens is 396 g/mol. The third-order valence-electron chi connectivity index (χ3n) is 4.91. The molecule has 32 heavy (non-hydrogen) atoms. The molecule has 0 unspecified atom stereocenters. The van der Waals surface area contributed by atoms with E-state index in [1.54, 1.807) is 0 Å². The van der Waals surface area contributed by atoms with Crippen LogP contribution in [0.3, 0.4) is 0 Å². The zero-order valence-corrected chi connectivity index (χ0v) is 19.0. The van der Waals surface area contributed by atoms with Crippen LogP contribution in [0.1, 0.15) is 27.7 Å². The molecule has 0 aliphatic carbocycles. The van der Waals surface area contributed by atoms with Gasteiger partial charge in [-0.1, -0.05) is 6.07 Å². The monoisotopic (exact) mass is 425 g/mol. The van der Waals surface area contributed by atoms with Crippen molar-refractivity contribution in [2.45, 2.75) is 39.9 Å². The van der Waals surface area contributed by atoms with E-state index >= 15 is 0 Å². The number of pyridine rings is 2. The van der Waals surface area contributed by atoms with Crippen molar-refractivity contribution in [3.63, 3.8) is 0 Å². The van der Waals surface area contributed by atoms with E-state index in [9.17, 15) is 0 Å². The largest absolute Gasteiger partial charge is 0.491 e. The highest BCUT2D eigenvalue weighted by Gasteiger charge is 2.07. The number of aromatic nitrogens is 2. The Morgan fingerprint density at radius 2 is 1.06 bits per heavy atom. The van der Waals surface area contributed by atoms with Crippen molar-refractivity contribution in [1.29, 1.82) is 0 Å². The van der Waals surface area contributed by atoms with Crippen LogP contribution in [0.2, 0.25) is 0 Å². The number of nitrogens with zero attached hydrogens (tertiary/aromatic N) is 2. The summed E-state index contributed by atoms with van der Waals surface area (Å²) in [6.45, 7) is 8.11. The molecule has 0 N–H and O–H groups in total. The molecule has 0 aliphatic rings. The van der Waals surface area contributed by atoms with Gasteiger partial charge in [0.05, 0.1) is 12.2 Å². The average Bonchev–Trinajstić information content (AvgIpc) is 2.80. The van der Waals surface area contributed by atoms with E-state index in [0.717, 1.165) is 34.0 Å². The Kier molecular flexibility index (Phi) is 6.50. The highest BCUT2D eigenvalue weighted by Crippen LogP contribution is 2.18. The maximum atomic E-state index is 5.72. The number of benzene rings is 2. The number of rotatable bonds is 7. The van der Waals surface area contributed by atoms with Crippen LogP contribution in [-0.2, 0) is 0 Å². The lowest BCUT2D eigenvalue weighted by molar-refractivity contribution is -0.596. The lowest BCUT2D eigenvalue weighted by Gasteiger charge is -2.10. The smallest absolute Gasteiger partial charge is 0.210 e. The van der Waals surface area contributed by atoms with Gasteiger partial charge in [0.25, 0.3) is 0 Å². The summed E-state index contributed by atoms with van der Waals surface area (Å²) in [5, 5.41) is 0. The minimum absolute atomic E-state index is 0.170. The molecule has 4 aromatic rings. The SMILES string of the molecule is CC(C)Oc1ccc(-[n+]2c[c-]c(-c3cc[n+](-c4ccc(OC(C)C)cc4)cc3)cc2)cc1. The van der Waals surface area contributed by atoms with Gasteiger partial charge in [-0.15, -0.1) is 11.6 Å². The van der Waals surface area contributed by atoms with Crippen molar-refractivity contribution in [3.05, 3.63) is 97.6 Å². The van der Waals surface area contributed by atoms with Gasteiger partial charge >= 0.3 is 0 Å². The predicted octanol–water partition coefficient (Wildman–Crippen LogP) is 5.28. The van der Waals surface area contributed by atoms with E-state index in [1.807, 2.05) is 74.9 Å². The number of ether oxygens (including phenoxy) is 2. The Morgan fingerprint density at radius 3 is 1.50 bits per heavy atom. The fraction of sp³-hybridized carbons (Fsp3) is 0.214. The number of hydrogen-bond acceptors (Lipinski definition) is 2. The molecule has 0 radical (unpaired) electrons. The van der Waals surface area contributed by atoms with Crippen molar-refractivity contribution < 1.29 is 18.6 Å². The molecule has 0 atom stereocenters. The highest BCUT2D eigenvalue weighted by molar-refractivity contribution is 5.60. The molecule has 2 heterocycles. The van der Waals surface area contributed by atoms with E-state index in [2.05, 4.69) is 59.6 Å². The van der Waals surface area contributed by atoms with Gasteiger partial charge in [-0.25, -0.2) is 0 Å². The second-order valence-corrected chi connectivity index (χ2v) is 8.23. The maximum absolute atomic E-state index is 5.72. The Morgan fingerprint density at radius 1 is 0.594 bits per heavy atom. The Hall–Kier alpha value is -3.66. The van der Waals surface area contributed by atoms with E-state index in [-0.39, 0.29) is 12.2 Å². The summed E-state index contributed by atoms with van der Waals surface area (Å²) in [6, 6.07) is 25.9. The van der Waals surface area contributed by atoms with Crippen molar-refractivity contribution >= 4 is 0 Å². The molecule has 0 fully saturated rings. The van der Waals surface area contributed by atoms with Gasteiger partial charge < -0.3 is 9.47 Å². The Balaban J connectivity index is 1.46. The number of hydrogen-bond donors (Lipinski definition) is 0. The average molecular weight is 426 g/mol. The zero-order chi connectivity index (χ0) is 22.5. The molecule has 0 spiro atoms. The maximum Gasteiger partial charge on any atom is 0.210 e. The third kappa shape index (κ3) is 5.33. The molecule has 2 aromatic heterocycles. The summed E-state index contributed by atoms with van der Waals surface area (Å²) in [7, 11) is 0. The molecular formula is C28H29N2O2+. The van der Waals surface area contributed by atoms with Crippen LogP contribution in [0.4, 0.5) is 0 Å². The van der Waals surface area contributed by atoms with Crippen molar-refractivity contribution in [2.75, 3.05) is 0 Å². The fourth-order valence-corrected chi connectivity index (χ4v) is 3.44. The second kappa shape index (κ2) is 9.65. The van der Waals surface area contributed by atoms with Crippen LogP contribution in [-0.4, -0.2) is 12.2 Å². The topological polar surface area (TPSA) is 26.2 Å². The first-order valence-corrected chi connectivity index (χ1v) is 11.0. The van der Waals surface area contributed by atoms with Crippen molar-refractivity contribution in [1.82, 2.24) is 0 Å². The summed E-state index contributed by atoms with van der Waals surface area (Å²) in [5.41, 5.74) is 4.33. The van der Waals surface area contributed by atoms with Gasteiger partial charge in [0.2, 0.25) is 11.4 Å². The minimum Gasteiger partial charge on any atom is -0.491 e. The van der Waals surface area contributed by atoms with Crippen LogP contribution < -0.4 is 18.6 Å². The molecule has 0 saturated carbocycles. The summed E-state index contributed by atoms with van der Waals surface area (Å²) in [4.78, 5) is 0. The molecule has 4 rings (SSSR count). The predicted molar refractivity (Wildman–Crippen MR) is 125 cm³/mol. The van der Waals surface area contributed by atoms with Crippen LogP contribution >= 0.6 is 0 Å². The van der Waals surface area contributed by atoms with Gasteiger partial charge in [-0.05, 0) is 64.1 Å². The molecule has 0 amide bonds. The van der Waals surface area contributed by atoms with E-state index in [4.69, 9.17) is 9.47 Å². The summed E-state index contributed by atoms with van der Waals surface area (Å²) >= 11 is 0. The third-order valence-corrected chi connectivity index (χ3v) is 4.91. The first-order chi connectivity index (χ1) is 15.5. The molecule has 162 valence electrons. The molecule has 0 bridgehead atoms. The van der Waals surface area contributed by atoms with E-state index in [1.165, 1.54) is 0 Å². The van der Waals surface area contributed by atoms with E-state index < -0.39 is 0 Å². The van der Waals surface area contributed by atoms with Crippen molar-refractivity contribution in [3.8, 4) is 34.0 Å². The standard InChI is InChI=1S/C28H29N2O2/c1-21(2)31-27-9-5-25(6-10-27)29-17-13-23(14-18-29)24-15-19-30(20-16-24)26-7-11-28(12-8-26)32-22(3)4/h5-15,17-22H,1-4H3/q+1. The fourth-order valence-electron chi connectivity index (χ4n) is 3.44. The summed E-state index contributed by atoms with van der Waals surface area (Å²) in [6.07, 6.45) is 8.49. The quantitative estimate of drug-likeness (QED) is 0.297. The van der Waals surface area contributed by atoms with Crippen LogP contribution in [0, 0.1) is 6.07 Å². The molecule has 0 aliphatic heterocycles. The normalized spacial score (nSPS) is 11.1. The van der Waals surface area contributed by atoms with E-state index in [0.29, 0.717) is 0 Å². The molecule has 4 nitrogen and oxygen atoms in total. The van der Waals surface area contributed by atoms with Gasteiger partial charge in [0.1, 0.15) is 23.9 Å². The molecule has 0 saturated heterocycles. The highest BCUT2D eigenvalue weighted by atomic mass is 16.5. The van der Waals surface area contributed by atoms with Crippen LogP contribution in [0.25, 0.3) is 22.5 Å².